The Kier molecular flexibility index (Phi) is 7.05. The molecule has 1 aliphatic rings. The highest BCUT2D eigenvalue weighted by Gasteiger charge is 2.26. The summed E-state index contributed by atoms with van der Waals surface area (Å²) in [7, 11) is 0. The monoisotopic (exact) mass is 434 g/mol. The standard InChI is InChI=1S/C26H30N2O2S/c1-2-15-28(16-14-21-8-6-17-31-21)20-12-13-22-19(18-20)7-5-11-25(22)30-26(29)23-9-3-4-10-24(23)27/h3-11,17,20H,2,12-16,18,27H2,1H3. The van der Waals surface area contributed by atoms with E-state index >= 15 is 0 Å². The molecular formula is C26H30N2O2S. The summed E-state index contributed by atoms with van der Waals surface area (Å²) in [6, 6.07) is 18.0. The molecule has 0 aliphatic heterocycles. The molecular weight excluding hydrogens is 404 g/mol. The lowest BCUT2D eigenvalue weighted by Crippen LogP contribution is -2.41. The molecule has 1 aromatic heterocycles. The summed E-state index contributed by atoms with van der Waals surface area (Å²) < 4.78 is 5.79. The van der Waals surface area contributed by atoms with Gasteiger partial charge in [-0.15, -0.1) is 11.3 Å². The number of nitrogens with zero attached hydrogens (tertiary/aromatic N) is 1. The summed E-state index contributed by atoms with van der Waals surface area (Å²) in [6.45, 7) is 4.46. The maximum Gasteiger partial charge on any atom is 0.345 e. The fourth-order valence-corrected chi connectivity index (χ4v) is 5.17. The summed E-state index contributed by atoms with van der Waals surface area (Å²) >= 11 is 1.84. The average Bonchev–Trinajstić information content (AvgIpc) is 3.30. The fraction of sp³-hybridized carbons (Fsp3) is 0.346. The van der Waals surface area contributed by atoms with Crippen LogP contribution in [0.3, 0.4) is 0 Å². The number of hydrogen-bond acceptors (Lipinski definition) is 5. The molecule has 4 nitrogen and oxygen atoms in total. The van der Waals surface area contributed by atoms with Crippen molar-refractivity contribution >= 4 is 23.0 Å². The quantitative estimate of drug-likeness (QED) is 0.294. The lowest BCUT2D eigenvalue weighted by Gasteiger charge is -2.35. The number of carbonyl (C=O) groups is 1. The van der Waals surface area contributed by atoms with Gasteiger partial charge in [0.05, 0.1) is 5.56 Å². The Morgan fingerprint density at radius 2 is 2.00 bits per heavy atom. The van der Waals surface area contributed by atoms with E-state index in [1.807, 2.05) is 29.5 Å². The van der Waals surface area contributed by atoms with Crippen molar-refractivity contribution in [3.8, 4) is 5.75 Å². The summed E-state index contributed by atoms with van der Waals surface area (Å²) in [5, 5.41) is 2.15. The molecule has 0 saturated carbocycles. The zero-order valence-electron chi connectivity index (χ0n) is 18.0. The van der Waals surface area contributed by atoms with Gasteiger partial charge in [0.2, 0.25) is 0 Å². The van der Waals surface area contributed by atoms with Gasteiger partial charge in [0, 0.05) is 23.2 Å². The maximum absolute atomic E-state index is 12.7. The van der Waals surface area contributed by atoms with Crippen LogP contribution in [0.1, 0.15) is 46.1 Å². The van der Waals surface area contributed by atoms with Crippen LogP contribution in [0.5, 0.6) is 5.75 Å². The van der Waals surface area contributed by atoms with Crippen LogP contribution in [0.4, 0.5) is 5.69 Å². The summed E-state index contributed by atoms with van der Waals surface area (Å²) in [6.07, 6.45) is 5.27. The number of rotatable bonds is 8. The third-order valence-corrected chi connectivity index (χ3v) is 6.99. The van der Waals surface area contributed by atoms with Crippen LogP contribution >= 0.6 is 11.3 Å². The van der Waals surface area contributed by atoms with Gasteiger partial charge in [0.25, 0.3) is 0 Å². The van der Waals surface area contributed by atoms with Crippen LogP contribution in [0.2, 0.25) is 0 Å². The van der Waals surface area contributed by atoms with Crippen LogP contribution in [-0.2, 0) is 19.3 Å². The molecule has 2 N–H and O–H groups in total. The van der Waals surface area contributed by atoms with Crippen molar-refractivity contribution in [3.05, 3.63) is 81.5 Å². The van der Waals surface area contributed by atoms with Crippen LogP contribution in [-0.4, -0.2) is 30.0 Å². The van der Waals surface area contributed by atoms with E-state index < -0.39 is 5.97 Å². The molecule has 1 aliphatic carbocycles. The molecule has 3 aromatic rings. The Morgan fingerprint density at radius 3 is 2.77 bits per heavy atom. The Morgan fingerprint density at radius 1 is 1.13 bits per heavy atom. The molecule has 4 rings (SSSR count). The molecule has 31 heavy (non-hydrogen) atoms. The van der Waals surface area contributed by atoms with Crippen LogP contribution in [0, 0.1) is 0 Å². The molecule has 1 unspecified atom stereocenters. The van der Waals surface area contributed by atoms with Crippen molar-refractivity contribution in [2.24, 2.45) is 0 Å². The van der Waals surface area contributed by atoms with E-state index in [9.17, 15) is 4.79 Å². The SMILES string of the molecule is CCCN(CCc1cccs1)C1CCc2c(cccc2OC(=O)c2ccccc2N)C1. The molecule has 1 heterocycles. The first-order chi connectivity index (χ1) is 15.2. The van der Waals surface area contributed by atoms with Gasteiger partial charge in [-0.05, 0) is 79.4 Å². The minimum atomic E-state index is -0.391. The van der Waals surface area contributed by atoms with Crippen molar-refractivity contribution in [3.63, 3.8) is 0 Å². The molecule has 1 atom stereocenters. The molecule has 0 fully saturated rings. The number of carbonyl (C=O) groups excluding carboxylic acids is 1. The Bertz CT molecular complexity index is 1020. The highest BCUT2D eigenvalue weighted by Crippen LogP contribution is 2.32. The molecule has 0 bridgehead atoms. The van der Waals surface area contributed by atoms with E-state index in [-0.39, 0.29) is 0 Å². The molecule has 5 heteroatoms. The van der Waals surface area contributed by atoms with Gasteiger partial charge < -0.3 is 10.5 Å². The van der Waals surface area contributed by atoms with Crippen LogP contribution < -0.4 is 10.5 Å². The Balaban J connectivity index is 1.46. The highest BCUT2D eigenvalue weighted by molar-refractivity contribution is 7.09. The minimum absolute atomic E-state index is 0.391. The summed E-state index contributed by atoms with van der Waals surface area (Å²) in [5.41, 5.74) is 9.26. The maximum atomic E-state index is 12.7. The molecule has 2 aromatic carbocycles. The first-order valence-corrected chi connectivity index (χ1v) is 12.0. The van der Waals surface area contributed by atoms with E-state index in [1.165, 1.54) is 10.4 Å². The van der Waals surface area contributed by atoms with Crippen molar-refractivity contribution in [1.29, 1.82) is 0 Å². The zero-order valence-corrected chi connectivity index (χ0v) is 18.9. The second-order valence-corrected chi connectivity index (χ2v) is 9.16. The molecule has 0 spiro atoms. The molecule has 162 valence electrons. The largest absolute Gasteiger partial charge is 0.423 e. The summed E-state index contributed by atoms with van der Waals surface area (Å²) in [5.74, 6) is 0.280. The fourth-order valence-electron chi connectivity index (χ4n) is 4.47. The van der Waals surface area contributed by atoms with Gasteiger partial charge in [-0.3, -0.25) is 4.90 Å². The van der Waals surface area contributed by atoms with E-state index in [1.54, 1.807) is 18.2 Å². The van der Waals surface area contributed by atoms with Gasteiger partial charge in [-0.1, -0.05) is 37.3 Å². The third kappa shape index (κ3) is 5.17. The number of fused-ring (bicyclic) bond motifs is 1. The number of esters is 1. The number of benzene rings is 2. The van der Waals surface area contributed by atoms with E-state index in [0.717, 1.165) is 50.8 Å². The predicted molar refractivity (Wildman–Crippen MR) is 128 cm³/mol. The normalized spacial score (nSPS) is 15.6. The highest BCUT2D eigenvalue weighted by atomic mass is 32.1. The summed E-state index contributed by atoms with van der Waals surface area (Å²) in [4.78, 5) is 16.8. The van der Waals surface area contributed by atoms with Gasteiger partial charge in [0.1, 0.15) is 5.75 Å². The van der Waals surface area contributed by atoms with E-state index in [0.29, 0.717) is 23.0 Å². The third-order valence-electron chi connectivity index (χ3n) is 6.05. The van der Waals surface area contributed by atoms with Gasteiger partial charge in [0.15, 0.2) is 0 Å². The van der Waals surface area contributed by atoms with Crippen LogP contribution in [0.25, 0.3) is 0 Å². The Labute approximate surface area is 188 Å². The van der Waals surface area contributed by atoms with Gasteiger partial charge in [-0.2, -0.15) is 0 Å². The smallest absolute Gasteiger partial charge is 0.345 e. The average molecular weight is 435 g/mol. The van der Waals surface area contributed by atoms with Gasteiger partial charge >= 0.3 is 5.97 Å². The molecule has 0 saturated heterocycles. The van der Waals surface area contributed by atoms with Crippen molar-refractivity contribution < 1.29 is 9.53 Å². The van der Waals surface area contributed by atoms with Crippen molar-refractivity contribution in [1.82, 2.24) is 4.90 Å². The minimum Gasteiger partial charge on any atom is -0.423 e. The topological polar surface area (TPSA) is 55.6 Å². The number of hydrogen-bond donors (Lipinski definition) is 1. The second kappa shape index (κ2) is 10.1. The number of anilines is 1. The predicted octanol–water partition coefficient (Wildman–Crippen LogP) is 5.36. The lowest BCUT2D eigenvalue weighted by atomic mass is 9.86. The lowest BCUT2D eigenvalue weighted by molar-refractivity contribution is 0.0733. The molecule has 0 amide bonds. The van der Waals surface area contributed by atoms with E-state index in [4.69, 9.17) is 10.5 Å². The number of ether oxygens (including phenoxy) is 1. The number of nitrogen functional groups attached to an aromatic ring is 1. The Hall–Kier alpha value is -2.63. The first-order valence-electron chi connectivity index (χ1n) is 11.1. The van der Waals surface area contributed by atoms with Gasteiger partial charge in [-0.25, -0.2) is 4.79 Å². The number of nitrogens with two attached hydrogens (primary N) is 1. The van der Waals surface area contributed by atoms with Crippen molar-refractivity contribution in [2.45, 2.75) is 45.1 Å². The first kappa shape index (κ1) is 21.6. The van der Waals surface area contributed by atoms with Crippen LogP contribution in [0.15, 0.2) is 60.0 Å². The molecule has 0 radical (unpaired) electrons. The number of thiophene rings is 1. The second-order valence-electron chi connectivity index (χ2n) is 8.13. The zero-order chi connectivity index (χ0) is 21.6. The van der Waals surface area contributed by atoms with E-state index in [2.05, 4.69) is 35.4 Å². The number of para-hydroxylation sites is 1. The van der Waals surface area contributed by atoms with Crippen molar-refractivity contribution in [2.75, 3.05) is 18.8 Å².